The van der Waals surface area contributed by atoms with Gasteiger partial charge in [-0.25, -0.2) is 4.98 Å². The Bertz CT molecular complexity index is 948. The van der Waals surface area contributed by atoms with Crippen LogP contribution in [0.4, 0.5) is 0 Å². The summed E-state index contributed by atoms with van der Waals surface area (Å²) in [5, 5.41) is 13.9. The fourth-order valence-corrected chi connectivity index (χ4v) is 3.26. The van der Waals surface area contributed by atoms with Crippen LogP contribution < -0.4 is 5.32 Å². The number of pyridine rings is 1. The highest BCUT2D eigenvalue weighted by Crippen LogP contribution is 2.21. The van der Waals surface area contributed by atoms with Crippen LogP contribution in [0.15, 0.2) is 48.9 Å². The molecule has 7 heteroatoms. The number of nitrogens with one attached hydrogen (secondary N) is 1. The summed E-state index contributed by atoms with van der Waals surface area (Å²) >= 11 is 0. The van der Waals surface area contributed by atoms with Gasteiger partial charge in [-0.3, -0.25) is 14.8 Å². The van der Waals surface area contributed by atoms with Gasteiger partial charge in [0.2, 0.25) is 0 Å². The lowest BCUT2D eigenvalue weighted by Gasteiger charge is -2.28. The van der Waals surface area contributed by atoms with Crippen molar-refractivity contribution >= 4 is 16.8 Å². The van der Waals surface area contributed by atoms with Gasteiger partial charge in [0, 0.05) is 37.0 Å². The molecular weight excluding hydrogens is 344 g/mol. The van der Waals surface area contributed by atoms with Crippen molar-refractivity contribution in [1.82, 2.24) is 20.3 Å². The molecule has 0 aliphatic carbocycles. The van der Waals surface area contributed by atoms with Gasteiger partial charge in [0.1, 0.15) is 5.69 Å². The lowest BCUT2D eigenvalue weighted by Crippen LogP contribution is -2.48. The van der Waals surface area contributed by atoms with Crippen LogP contribution in [-0.4, -0.2) is 51.3 Å². The van der Waals surface area contributed by atoms with E-state index < -0.39 is 6.10 Å². The standard InChI is InChI=1S/C20H20N4O3/c25-19-12-27-8-5-17(19)24-20(26)18-10-13(9-14-11-21-6-7-22-14)15-3-1-2-4-16(15)23-18/h1-4,6-7,10-11,17,19,25H,5,8-9,12H2,(H,24,26)/t17-,19+/m0/s1. The topological polar surface area (TPSA) is 97.2 Å². The Hall–Kier alpha value is -2.90. The molecule has 138 valence electrons. The minimum Gasteiger partial charge on any atom is -0.389 e. The van der Waals surface area contributed by atoms with Crippen molar-refractivity contribution in [2.75, 3.05) is 13.2 Å². The minimum absolute atomic E-state index is 0.230. The van der Waals surface area contributed by atoms with Crippen molar-refractivity contribution in [2.24, 2.45) is 0 Å². The van der Waals surface area contributed by atoms with E-state index >= 15 is 0 Å². The highest BCUT2D eigenvalue weighted by atomic mass is 16.5. The number of hydrogen-bond donors (Lipinski definition) is 2. The van der Waals surface area contributed by atoms with E-state index in [9.17, 15) is 9.90 Å². The van der Waals surface area contributed by atoms with Crippen LogP contribution in [0, 0.1) is 0 Å². The first-order valence-electron chi connectivity index (χ1n) is 8.91. The summed E-state index contributed by atoms with van der Waals surface area (Å²) in [5.74, 6) is -0.299. The molecule has 0 radical (unpaired) electrons. The molecule has 7 nitrogen and oxygen atoms in total. The van der Waals surface area contributed by atoms with Crippen molar-refractivity contribution < 1.29 is 14.6 Å². The van der Waals surface area contributed by atoms with E-state index in [2.05, 4.69) is 20.3 Å². The second-order valence-electron chi connectivity index (χ2n) is 6.57. The number of aromatic nitrogens is 3. The number of amides is 1. The summed E-state index contributed by atoms with van der Waals surface area (Å²) in [6.07, 6.45) is 5.42. The van der Waals surface area contributed by atoms with E-state index in [0.29, 0.717) is 25.1 Å². The van der Waals surface area contributed by atoms with Gasteiger partial charge >= 0.3 is 0 Å². The van der Waals surface area contributed by atoms with E-state index in [4.69, 9.17) is 4.74 Å². The second kappa shape index (κ2) is 7.77. The van der Waals surface area contributed by atoms with Crippen LogP contribution in [0.1, 0.15) is 28.2 Å². The molecule has 0 unspecified atom stereocenters. The summed E-state index contributed by atoms with van der Waals surface area (Å²) in [5.41, 5.74) is 2.85. The lowest BCUT2D eigenvalue weighted by molar-refractivity contribution is -0.0261. The maximum absolute atomic E-state index is 12.8. The number of rotatable bonds is 4. The molecule has 1 aliphatic heterocycles. The van der Waals surface area contributed by atoms with Gasteiger partial charge in [-0.2, -0.15) is 0 Å². The zero-order chi connectivity index (χ0) is 18.6. The lowest BCUT2D eigenvalue weighted by atomic mass is 10.0. The number of fused-ring (bicyclic) bond motifs is 1. The Morgan fingerprint density at radius 3 is 3.00 bits per heavy atom. The highest BCUT2D eigenvalue weighted by molar-refractivity contribution is 5.96. The summed E-state index contributed by atoms with van der Waals surface area (Å²) in [6.45, 7) is 0.749. The fourth-order valence-electron chi connectivity index (χ4n) is 3.26. The predicted octanol–water partition coefficient (Wildman–Crippen LogP) is 1.50. The number of aliphatic hydroxyl groups is 1. The Balaban J connectivity index is 1.65. The third-order valence-corrected chi connectivity index (χ3v) is 4.67. The molecule has 1 aromatic carbocycles. The third-order valence-electron chi connectivity index (χ3n) is 4.67. The molecule has 3 heterocycles. The molecule has 0 bridgehead atoms. The summed E-state index contributed by atoms with van der Waals surface area (Å²) < 4.78 is 5.21. The smallest absolute Gasteiger partial charge is 0.270 e. The first-order chi connectivity index (χ1) is 13.2. The van der Waals surface area contributed by atoms with Crippen molar-refractivity contribution in [3.05, 3.63) is 65.9 Å². The largest absolute Gasteiger partial charge is 0.389 e. The highest BCUT2D eigenvalue weighted by Gasteiger charge is 2.26. The quantitative estimate of drug-likeness (QED) is 0.728. The molecule has 1 saturated heterocycles. The van der Waals surface area contributed by atoms with Crippen LogP contribution in [0.3, 0.4) is 0 Å². The molecule has 3 aromatic rings. The zero-order valence-electron chi connectivity index (χ0n) is 14.7. The van der Waals surface area contributed by atoms with Crippen LogP contribution in [0.25, 0.3) is 10.9 Å². The maximum atomic E-state index is 12.8. The van der Waals surface area contributed by atoms with Gasteiger partial charge < -0.3 is 15.2 Å². The first-order valence-corrected chi connectivity index (χ1v) is 8.91. The van der Waals surface area contributed by atoms with Gasteiger partial charge in [-0.05, 0) is 24.1 Å². The van der Waals surface area contributed by atoms with Gasteiger partial charge in [-0.15, -0.1) is 0 Å². The third kappa shape index (κ3) is 3.94. The van der Waals surface area contributed by atoms with Crippen molar-refractivity contribution in [3.8, 4) is 0 Å². The zero-order valence-corrected chi connectivity index (χ0v) is 14.7. The minimum atomic E-state index is -0.706. The molecule has 1 aliphatic rings. The fraction of sp³-hybridized carbons (Fsp3) is 0.300. The van der Waals surface area contributed by atoms with Crippen molar-refractivity contribution in [1.29, 1.82) is 0 Å². The number of hydrogen-bond acceptors (Lipinski definition) is 6. The number of benzene rings is 1. The molecule has 1 fully saturated rings. The molecule has 0 saturated carbocycles. The number of aliphatic hydroxyl groups excluding tert-OH is 1. The van der Waals surface area contributed by atoms with Crippen LogP contribution in [-0.2, 0) is 11.2 Å². The molecule has 0 spiro atoms. The van der Waals surface area contributed by atoms with Crippen LogP contribution >= 0.6 is 0 Å². The molecule has 27 heavy (non-hydrogen) atoms. The number of ether oxygens (including phenoxy) is 1. The van der Waals surface area contributed by atoms with E-state index in [1.807, 2.05) is 24.3 Å². The molecule has 4 rings (SSSR count). The number of para-hydroxylation sites is 1. The Kier molecular flexibility index (Phi) is 5.04. The average Bonchev–Trinajstić information content (AvgIpc) is 2.70. The Labute approximate surface area is 156 Å². The summed E-state index contributed by atoms with van der Waals surface area (Å²) in [7, 11) is 0. The number of nitrogens with zero attached hydrogens (tertiary/aromatic N) is 3. The van der Waals surface area contributed by atoms with E-state index in [-0.39, 0.29) is 18.6 Å². The number of carbonyl (C=O) groups excluding carboxylic acids is 1. The Morgan fingerprint density at radius 2 is 2.19 bits per heavy atom. The molecule has 1 amide bonds. The molecule has 2 atom stereocenters. The summed E-state index contributed by atoms with van der Waals surface area (Å²) in [6, 6.07) is 9.17. The van der Waals surface area contributed by atoms with Crippen LogP contribution in [0.2, 0.25) is 0 Å². The van der Waals surface area contributed by atoms with E-state index in [0.717, 1.165) is 22.2 Å². The average molecular weight is 364 g/mol. The maximum Gasteiger partial charge on any atom is 0.270 e. The Morgan fingerprint density at radius 1 is 1.30 bits per heavy atom. The van der Waals surface area contributed by atoms with Gasteiger partial charge in [-0.1, -0.05) is 18.2 Å². The monoisotopic (exact) mass is 364 g/mol. The molecule has 2 aromatic heterocycles. The second-order valence-corrected chi connectivity index (χ2v) is 6.57. The van der Waals surface area contributed by atoms with E-state index in [1.165, 1.54) is 0 Å². The first kappa shape index (κ1) is 17.5. The van der Waals surface area contributed by atoms with E-state index in [1.54, 1.807) is 24.7 Å². The molecule has 2 N–H and O–H groups in total. The van der Waals surface area contributed by atoms with Crippen molar-refractivity contribution in [3.63, 3.8) is 0 Å². The van der Waals surface area contributed by atoms with Crippen LogP contribution in [0.5, 0.6) is 0 Å². The number of carbonyl (C=O) groups is 1. The summed E-state index contributed by atoms with van der Waals surface area (Å²) in [4.78, 5) is 25.7. The van der Waals surface area contributed by atoms with Gasteiger partial charge in [0.15, 0.2) is 0 Å². The molecular formula is C20H20N4O3. The van der Waals surface area contributed by atoms with Gasteiger partial charge in [0.25, 0.3) is 5.91 Å². The SMILES string of the molecule is O=C(N[C@H]1CCOC[C@H]1O)c1cc(Cc2cnccn2)c2ccccc2n1. The normalized spacial score (nSPS) is 19.7. The van der Waals surface area contributed by atoms with Gasteiger partial charge in [0.05, 0.1) is 30.0 Å². The van der Waals surface area contributed by atoms with Crippen molar-refractivity contribution in [2.45, 2.75) is 25.0 Å². The predicted molar refractivity (Wildman–Crippen MR) is 99.3 cm³/mol.